The first-order valence-corrected chi connectivity index (χ1v) is 10.2. The van der Waals surface area contributed by atoms with Gasteiger partial charge in [0.2, 0.25) is 0 Å². The van der Waals surface area contributed by atoms with Crippen LogP contribution in [0.2, 0.25) is 0 Å². The molecule has 2 aliphatic rings. The molecule has 0 heterocycles. The molecule has 0 spiro atoms. The zero-order valence-corrected chi connectivity index (χ0v) is 16.7. The Kier molecular flexibility index (Phi) is 5.52. The molecule has 2 aromatic carbocycles. The first-order chi connectivity index (χ1) is 14.0. The Balaban J connectivity index is 1.34. The Morgan fingerprint density at radius 1 is 0.862 bits per heavy atom. The van der Waals surface area contributed by atoms with E-state index in [4.69, 9.17) is 9.47 Å². The van der Waals surface area contributed by atoms with Gasteiger partial charge >= 0.3 is 5.97 Å². The molecule has 4 nitrogen and oxygen atoms in total. The fraction of sp³-hybridized carbons (Fsp3) is 0.360. The van der Waals surface area contributed by atoms with Gasteiger partial charge in [-0.1, -0.05) is 30.8 Å². The molecule has 2 saturated carbocycles. The largest absolute Gasteiger partial charge is 0.429 e. The second-order valence-corrected chi connectivity index (χ2v) is 8.38. The molecule has 0 aliphatic heterocycles. The van der Waals surface area contributed by atoms with E-state index >= 15 is 0 Å². The highest BCUT2D eigenvalue weighted by Crippen LogP contribution is 2.55. The number of hydrogen-bond acceptors (Lipinski definition) is 4. The molecule has 0 radical (unpaired) electrons. The molecule has 0 N–H and O–H groups in total. The number of ether oxygens (including phenoxy) is 2. The van der Waals surface area contributed by atoms with Gasteiger partial charge in [-0.05, 0) is 91.7 Å². The molecule has 0 amide bonds. The molecule has 0 bridgehead atoms. The summed E-state index contributed by atoms with van der Waals surface area (Å²) < 4.78 is 10.2. The minimum atomic E-state index is -0.384. The maximum Gasteiger partial charge on any atom is 0.338 e. The van der Waals surface area contributed by atoms with E-state index in [2.05, 4.69) is 30.8 Å². The summed E-state index contributed by atoms with van der Waals surface area (Å²) in [7, 11) is 0. The number of carbonyl (C=O) groups excluding carboxylic acids is 2. The van der Waals surface area contributed by atoms with E-state index in [1.807, 2.05) is 24.3 Å². The van der Waals surface area contributed by atoms with Crippen molar-refractivity contribution in [3.63, 3.8) is 0 Å². The van der Waals surface area contributed by atoms with Crippen molar-refractivity contribution in [1.29, 1.82) is 0 Å². The number of hydrogen-bond donors (Lipinski definition) is 0. The number of esters is 1. The van der Waals surface area contributed by atoms with Gasteiger partial charge in [0, 0.05) is 5.57 Å². The van der Waals surface area contributed by atoms with Crippen molar-refractivity contribution in [2.24, 2.45) is 11.8 Å². The van der Waals surface area contributed by atoms with Crippen molar-refractivity contribution >= 4 is 12.4 Å². The molecule has 4 rings (SSSR count). The van der Waals surface area contributed by atoms with Gasteiger partial charge in [0.15, 0.2) is 0 Å². The second-order valence-electron chi connectivity index (χ2n) is 8.38. The van der Waals surface area contributed by atoms with Crippen LogP contribution in [0.1, 0.15) is 55.6 Å². The van der Waals surface area contributed by atoms with Crippen molar-refractivity contribution in [3.8, 4) is 11.5 Å². The molecule has 150 valence electrons. The highest BCUT2D eigenvalue weighted by Gasteiger charge is 2.42. The summed E-state index contributed by atoms with van der Waals surface area (Å²) in [5.41, 5.74) is 3.08. The average Bonchev–Trinajstić information content (AvgIpc) is 3.29. The molecule has 4 heteroatoms. The van der Waals surface area contributed by atoms with Crippen LogP contribution in [0.4, 0.5) is 0 Å². The molecule has 2 unspecified atom stereocenters. The quantitative estimate of drug-likeness (QED) is 0.287. The van der Waals surface area contributed by atoms with Crippen LogP contribution in [-0.4, -0.2) is 12.4 Å². The first-order valence-electron chi connectivity index (χ1n) is 10.2. The Labute approximate surface area is 171 Å². The topological polar surface area (TPSA) is 52.6 Å². The van der Waals surface area contributed by atoms with Crippen molar-refractivity contribution in [1.82, 2.24) is 0 Å². The summed E-state index contributed by atoms with van der Waals surface area (Å²) in [4.78, 5) is 22.1. The maximum absolute atomic E-state index is 11.6. The minimum absolute atomic E-state index is 0.384. The number of carbonyl (C=O) groups is 2. The van der Waals surface area contributed by atoms with Crippen LogP contribution in [0.3, 0.4) is 0 Å². The predicted octanol–water partition coefficient (Wildman–Crippen LogP) is 5.39. The zero-order valence-electron chi connectivity index (χ0n) is 16.7. The fourth-order valence-corrected chi connectivity index (χ4v) is 5.04. The van der Waals surface area contributed by atoms with Gasteiger partial charge in [-0.25, -0.2) is 4.79 Å². The number of benzene rings is 2. The van der Waals surface area contributed by atoms with Crippen molar-refractivity contribution in [2.45, 2.75) is 44.4 Å². The van der Waals surface area contributed by atoms with E-state index in [0.29, 0.717) is 35.4 Å². The van der Waals surface area contributed by atoms with Crippen LogP contribution >= 0.6 is 0 Å². The summed E-state index contributed by atoms with van der Waals surface area (Å²) in [5, 5.41) is 0. The van der Waals surface area contributed by atoms with Gasteiger partial charge in [-0.3, -0.25) is 4.79 Å². The van der Waals surface area contributed by atoms with Gasteiger partial charge in [-0.15, -0.1) is 0 Å². The summed E-state index contributed by atoms with van der Waals surface area (Å²) in [6.45, 7) is 5.72. The predicted molar refractivity (Wildman–Crippen MR) is 111 cm³/mol. The minimum Gasteiger partial charge on any atom is -0.429 e. The molecule has 2 aliphatic carbocycles. The Morgan fingerprint density at radius 2 is 1.31 bits per heavy atom. The number of rotatable bonds is 6. The van der Waals surface area contributed by atoms with Crippen LogP contribution in [-0.2, 0) is 9.59 Å². The van der Waals surface area contributed by atoms with E-state index in [0.717, 1.165) is 11.8 Å². The lowest BCUT2D eigenvalue weighted by atomic mass is 9.89. The van der Waals surface area contributed by atoms with Gasteiger partial charge < -0.3 is 9.47 Å². The van der Waals surface area contributed by atoms with Gasteiger partial charge in [0.25, 0.3) is 6.47 Å². The van der Waals surface area contributed by atoms with Crippen molar-refractivity contribution in [2.75, 3.05) is 0 Å². The number of fused-ring (bicyclic) bond motifs is 1. The maximum atomic E-state index is 11.6. The highest BCUT2D eigenvalue weighted by molar-refractivity contribution is 5.88. The molecule has 29 heavy (non-hydrogen) atoms. The van der Waals surface area contributed by atoms with Crippen LogP contribution < -0.4 is 9.47 Å². The van der Waals surface area contributed by atoms with Crippen molar-refractivity contribution in [3.05, 3.63) is 71.8 Å². The third-order valence-electron chi connectivity index (χ3n) is 6.46. The Hall–Kier alpha value is -2.88. The smallest absolute Gasteiger partial charge is 0.338 e. The third kappa shape index (κ3) is 4.26. The zero-order chi connectivity index (χ0) is 20.4. The van der Waals surface area contributed by atoms with E-state index in [9.17, 15) is 9.59 Å². The summed E-state index contributed by atoms with van der Waals surface area (Å²) in [5.74, 6) is 3.49. The summed E-state index contributed by atoms with van der Waals surface area (Å²) >= 11 is 0. The molecule has 2 fully saturated rings. The summed E-state index contributed by atoms with van der Waals surface area (Å²) in [6.07, 6.45) is 4.89. The van der Waals surface area contributed by atoms with E-state index in [-0.39, 0.29) is 5.97 Å². The molecule has 0 aromatic heterocycles. The van der Waals surface area contributed by atoms with Gasteiger partial charge in [0.05, 0.1) is 0 Å². The Bertz CT molecular complexity index is 883. The van der Waals surface area contributed by atoms with Crippen LogP contribution in [0, 0.1) is 11.8 Å². The normalized spacial score (nSPS) is 25.3. The standard InChI is InChI=1S/C25H26O4/c1-16(2)25(27)29-24-9-5-18(6-10-24)20-13-21-11-19(12-22(21)14-20)17-3-7-23(8-4-17)28-15-26/h3-10,15,19-22H,1,11-14H2,2H3. The lowest BCUT2D eigenvalue weighted by molar-refractivity contribution is -0.130. The molecular formula is C25H26O4. The van der Waals surface area contributed by atoms with Crippen LogP contribution in [0.5, 0.6) is 11.5 Å². The van der Waals surface area contributed by atoms with Crippen LogP contribution in [0.15, 0.2) is 60.7 Å². The average molecular weight is 390 g/mol. The van der Waals surface area contributed by atoms with Gasteiger partial charge in [0.1, 0.15) is 11.5 Å². The van der Waals surface area contributed by atoms with E-state index < -0.39 is 0 Å². The lowest BCUT2D eigenvalue weighted by Gasteiger charge is -2.16. The third-order valence-corrected chi connectivity index (χ3v) is 6.46. The van der Waals surface area contributed by atoms with Crippen molar-refractivity contribution < 1.29 is 19.1 Å². The molecule has 2 aromatic rings. The molecule has 0 saturated heterocycles. The van der Waals surface area contributed by atoms with E-state index in [1.54, 1.807) is 6.92 Å². The molecular weight excluding hydrogens is 364 g/mol. The first kappa shape index (κ1) is 19.4. The summed E-state index contributed by atoms with van der Waals surface area (Å²) in [6, 6.07) is 15.9. The van der Waals surface area contributed by atoms with E-state index in [1.165, 1.54) is 36.8 Å². The fourth-order valence-electron chi connectivity index (χ4n) is 5.04. The SMILES string of the molecule is C=C(C)C(=O)Oc1ccc(C2CC3CC(c4ccc(OC=O)cc4)CC3C2)cc1. The lowest BCUT2D eigenvalue weighted by Crippen LogP contribution is -2.08. The van der Waals surface area contributed by atoms with Gasteiger partial charge in [-0.2, -0.15) is 0 Å². The second kappa shape index (κ2) is 8.24. The van der Waals surface area contributed by atoms with Crippen LogP contribution in [0.25, 0.3) is 0 Å². The Morgan fingerprint density at radius 3 is 1.72 bits per heavy atom. The highest BCUT2D eigenvalue weighted by atomic mass is 16.5. The monoisotopic (exact) mass is 390 g/mol. The molecule has 2 atom stereocenters.